The molecule has 1 amide bonds. The molecule has 1 atom stereocenters. The number of benzene rings is 3. The molecule has 15 heteroatoms. The number of amides is 1. The Kier molecular flexibility index (Phi) is 8.41. The molecule has 0 saturated heterocycles. The van der Waals surface area contributed by atoms with Gasteiger partial charge in [-0.05, 0) is 66.2 Å². The van der Waals surface area contributed by atoms with Gasteiger partial charge in [0.2, 0.25) is 6.41 Å². The van der Waals surface area contributed by atoms with E-state index < -0.39 is 45.9 Å². The lowest BCUT2D eigenvalue weighted by Crippen LogP contribution is -2.30. The van der Waals surface area contributed by atoms with Crippen molar-refractivity contribution < 1.29 is 59.0 Å². The van der Waals surface area contributed by atoms with Gasteiger partial charge in [-0.3, -0.25) is 10.0 Å². The lowest BCUT2D eigenvalue weighted by Gasteiger charge is -2.23. The van der Waals surface area contributed by atoms with Crippen LogP contribution in [0.5, 0.6) is 23.0 Å². The number of carbonyl (C=O) groups excluding carboxylic acids is 1. The van der Waals surface area contributed by atoms with E-state index in [4.69, 9.17) is 4.74 Å². The van der Waals surface area contributed by atoms with E-state index in [1.807, 2.05) is 0 Å². The number of alkyl halides is 6. The van der Waals surface area contributed by atoms with Crippen LogP contribution in [0.1, 0.15) is 11.6 Å². The quantitative estimate of drug-likeness (QED) is 0.147. The van der Waals surface area contributed by atoms with Crippen molar-refractivity contribution in [2.24, 2.45) is 0 Å². The molecule has 0 bridgehead atoms. The van der Waals surface area contributed by atoms with Crippen LogP contribution in [0.2, 0.25) is 0 Å². The SMILES string of the molecule is O=CN(O)C(CS(=O)(=O)c1ccc(Oc2ccc(OC(F)(F)F)cc2)cc1)c1ccc(OC(F)(F)F)cc1. The summed E-state index contributed by atoms with van der Waals surface area (Å²) in [6.07, 6.45) is -9.86. The van der Waals surface area contributed by atoms with Crippen LogP contribution >= 0.6 is 0 Å². The molecule has 0 aliphatic rings. The van der Waals surface area contributed by atoms with Crippen molar-refractivity contribution in [2.45, 2.75) is 23.7 Å². The van der Waals surface area contributed by atoms with Gasteiger partial charge in [-0.1, -0.05) is 12.1 Å². The molecule has 1 N–H and O–H groups in total. The molecular weight excluding hydrogens is 548 g/mol. The Labute approximate surface area is 211 Å². The van der Waals surface area contributed by atoms with Crippen molar-refractivity contribution in [2.75, 3.05) is 5.75 Å². The van der Waals surface area contributed by atoms with Gasteiger partial charge in [0.1, 0.15) is 23.0 Å². The summed E-state index contributed by atoms with van der Waals surface area (Å²) in [4.78, 5) is 10.9. The third kappa shape index (κ3) is 8.27. The van der Waals surface area contributed by atoms with Crippen LogP contribution in [0.15, 0.2) is 77.7 Å². The Hall–Kier alpha value is -3.98. The molecule has 0 radical (unpaired) electrons. The van der Waals surface area contributed by atoms with E-state index in [9.17, 15) is 44.8 Å². The molecule has 3 rings (SSSR count). The van der Waals surface area contributed by atoms with Gasteiger partial charge in [0.15, 0.2) is 9.84 Å². The van der Waals surface area contributed by atoms with Gasteiger partial charge in [0.25, 0.3) is 0 Å². The number of hydroxylamine groups is 2. The summed E-state index contributed by atoms with van der Waals surface area (Å²) in [5.41, 5.74) is 0.00982. The van der Waals surface area contributed by atoms with E-state index in [2.05, 4.69) is 9.47 Å². The smallest absolute Gasteiger partial charge is 0.457 e. The zero-order valence-electron chi connectivity index (χ0n) is 18.8. The fraction of sp³-hybridized carbons (Fsp3) is 0.174. The third-order valence-corrected chi connectivity index (χ3v) is 6.52. The van der Waals surface area contributed by atoms with Crippen molar-refractivity contribution >= 4 is 16.2 Å². The number of rotatable bonds is 10. The van der Waals surface area contributed by atoms with Crippen LogP contribution in [0.25, 0.3) is 0 Å². The third-order valence-electron chi connectivity index (χ3n) is 4.78. The van der Waals surface area contributed by atoms with E-state index >= 15 is 0 Å². The first-order chi connectivity index (χ1) is 17.6. The molecule has 38 heavy (non-hydrogen) atoms. The summed E-state index contributed by atoms with van der Waals surface area (Å²) in [7, 11) is -4.16. The number of sulfone groups is 1. The molecule has 0 heterocycles. The monoisotopic (exact) mass is 565 g/mol. The number of hydrogen-bond donors (Lipinski definition) is 1. The minimum absolute atomic E-state index is 0.00982. The highest BCUT2D eigenvalue weighted by Crippen LogP contribution is 2.30. The minimum Gasteiger partial charge on any atom is -0.457 e. The standard InChI is InChI=1S/C23H17F6NO7S/c24-22(25,26)36-18-3-1-15(2-4-18)21(30(32)14-31)13-38(33,34)20-11-9-17(10-12-20)35-16-5-7-19(8-6-16)37-23(27,28)29/h1-12,14,21,32H,13H2. The maximum absolute atomic E-state index is 12.9. The first-order valence-corrected chi connectivity index (χ1v) is 12.0. The number of halogens is 6. The van der Waals surface area contributed by atoms with E-state index in [0.29, 0.717) is 0 Å². The zero-order chi connectivity index (χ0) is 28.1. The van der Waals surface area contributed by atoms with Gasteiger partial charge in [-0.2, -0.15) is 0 Å². The van der Waals surface area contributed by atoms with Crippen LogP contribution in [0.3, 0.4) is 0 Å². The van der Waals surface area contributed by atoms with Crippen LogP contribution in [0, 0.1) is 0 Å². The van der Waals surface area contributed by atoms with Crippen LogP contribution < -0.4 is 14.2 Å². The summed E-state index contributed by atoms with van der Waals surface area (Å²) in [5.74, 6) is -1.60. The van der Waals surface area contributed by atoms with E-state index in [1.165, 1.54) is 24.3 Å². The van der Waals surface area contributed by atoms with Gasteiger partial charge in [0, 0.05) is 0 Å². The maximum Gasteiger partial charge on any atom is 0.573 e. The number of ether oxygens (including phenoxy) is 3. The van der Waals surface area contributed by atoms with Gasteiger partial charge >= 0.3 is 12.7 Å². The van der Waals surface area contributed by atoms with E-state index in [0.717, 1.165) is 48.5 Å². The molecule has 0 aliphatic heterocycles. The Morgan fingerprint density at radius 1 is 0.737 bits per heavy atom. The molecule has 0 spiro atoms. The second-order valence-corrected chi connectivity index (χ2v) is 9.53. The van der Waals surface area contributed by atoms with E-state index in [1.54, 1.807) is 0 Å². The predicted octanol–water partition coefficient (Wildman–Crippen LogP) is 5.64. The normalized spacial score (nSPS) is 12.9. The summed E-state index contributed by atoms with van der Waals surface area (Å²) in [6, 6.07) is 11.8. The van der Waals surface area contributed by atoms with Crippen LogP contribution in [0.4, 0.5) is 26.3 Å². The summed E-state index contributed by atoms with van der Waals surface area (Å²) in [5, 5.41) is 10.00. The van der Waals surface area contributed by atoms with Gasteiger partial charge in [-0.15, -0.1) is 26.3 Å². The largest absolute Gasteiger partial charge is 0.573 e. The topological polar surface area (TPSA) is 102 Å². The highest BCUT2D eigenvalue weighted by atomic mass is 32.2. The van der Waals surface area contributed by atoms with Crippen LogP contribution in [-0.2, 0) is 14.6 Å². The molecular formula is C23H17F6NO7S. The first kappa shape index (κ1) is 28.6. The van der Waals surface area contributed by atoms with Crippen LogP contribution in [-0.4, -0.2) is 43.6 Å². The molecule has 3 aromatic rings. The minimum atomic E-state index is -4.95. The van der Waals surface area contributed by atoms with Gasteiger partial charge in [0.05, 0.1) is 16.7 Å². The summed E-state index contributed by atoms with van der Waals surface area (Å²) >= 11 is 0. The molecule has 3 aromatic carbocycles. The van der Waals surface area contributed by atoms with Crippen molar-refractivity contribution in [1.82, 2.24) is 5.06 Å². The second-order valence-electron chi connectivity index (χ2n) is 7.49. The lowest BCUT2D eigenvalue weighted by atomic mass is 10.1. The summed E-state index contributed by atoms with van der Waals surface area (Å²) < 4.78 is 113. The van der Waals surface area contributed by atoms with Crippen molar-refractivity contribution in [3.63, 3.8) is 0 Å². The van der Waals surface area contributed by atoms with Gasteiger partial charge in [-0.25, -0.2) is 13.5 Å². The fourth-order valence-electron chi connectivity index (χ4n) is 3.15. The average molecular weight is 565 g/mol. The second kappa shape index (κ2) is 11.2. The van der Waals surface area contributed by atoms with Crippen molar-refractivity contribution in [3.8, 4) is 23.0 Å². The Bertz CT molecular complexity index is 1330. The Morgan fingerprint density at radius 2 is 1.13 bits per heavy atom. The van der Waals surface area contributed by atoms with Crippen molar-refractivity contribution in [3.05, 3.63) is 78.4 Å². The molecule has 1 unspecified atom stereocenters. The number of hydrogen-bond acceptors (Lipinski definition) is 7. The number of nitrogens with zero attached hydrogens (tertiary/aromatic N) is 1. The molecule has 0 aliphatic carbocycles. The molecule has 204 valence electrons. The molecule has 0 aromatic heterocycles. The summed E-state index contributed by atoms with van der Waals surface area (Å²) in [6.45, 7) is 0. The Balaban J connectivity index is 1.73. The fourth-order valence-corrected chi connectivity index (χ4v) is 4.66. The first-order valence-electron chi connectivity index (χ1n) is 10.3. The zero-order valence-corrected chi connectivity index (χ0v) is 19.6. The molecule has 0 fully saturated rings. The number of carbonyl (C=O) groups is 1. The highest BCUT2D eigenvalue weighted by molar-refractivity contribution is 7.91. The lowest BCUT2D eigenvalue weighted by molar-refractivity contribution is -0.275. The predicted molar refractivity (Wildman–Crippen MR) is 117 cm³/mol. The maximum atomic E-state index is 12.9. The van der Waals surface area contributed by atoms with Gasteiger partial charge < -0.3 is 14.2 Å². The van der Waals surface area contributed by atoms with E-state index in [-0.39, 0.29) is 33.4 Å². The van der Waals surface area contributed by atoms with Crippen molar-refractivity contribution in [1.29, 1.82) is 0 Å². The average Bonchev–Trinajstić information content (AvgIpc) is 2.82. The molecule has 8 nitrogen and oxygen atoms in total. The Morgan fingerprint density at radius 3 is 1.55 bits per heavy atom. The molecule has 0 saturated carbocycles. The highest BCUT2D eigenvalue weighted by Gasteiger charge is 2.32.